The van der Waals surface area contributed by atoms with Crippen LogP contribution in [0.15, 0.2) is 4.99 Å². The zero-order chi connectivity index (χ0) is 16.9. The smallest absolute Gasteiger partial charge is 0.388 e. The minimum absolute atomic E-state index is 0.521. The molecular formula is C12H19F3N2O4S. The molecule has 6 atom stereocenters. The lowest BCUT2D eigenvalue weighted by Crippen LogP contribution is -2.66. The molecule has 2 heterocycles. The van der Waals surface area contributed by atoms with Gasteiger partial charge in [0.15, 0.2) is 10.8 Å². The van der Waals surface area contributed by atoms with E-state index < -0.39 is 41.6 Å². The van der Waals surface area contributed by atoms with E-state index in [2.05, 4.69) is 9.73 Å². The highest BCUT2D eigenvalue weighted by atomic mass is 32.2. The summed E-state index contributed by atoms with van der Waals surface area (Å²) in [6.07, 6.45) is -9.75. The molecule has 0 aliphatic carbocycles. The van der Waals surface area contributed by atoms with Crippen molar-refractivity contribution in [2.75, 3.05) is 21.2 Å². The summed E-state index contributed by atoms with van der Waals surface area (Å²) in [7, 11) is 4.34. The Morgan fingerprint density at radius 3 is 2.32 bits per heavy atom. The molecule has 2 aliphatic rings. The van der Waals surface area contributed by atoms with Gasteiger partial charge in [-0.2, -0.15) is 13.2 Å². The van der Waals surface area contributed by atoms with Gasteiger partial charge in [-0.05, 0) is 6.92 Å². The number of methoxy groups -OCH3 is 1. The van der Waals surface area contributed by atoms with Crippen molar-refractivity contribution in [2.45, 2.75) is 48.5 Å². The van der Waals surface area contributed by atoms with Crippen molar-refractivity contribution < 1.29 is 32.9 Å². The number of aliphatic imine (C=N–C) groups is 1. The number of aliphatic hydroxyl groups is 2. The summed E-state index contributed by atoms with van der Waals surface area (Å²) in [5, 5.41) is 20.8. The number of hydrogen-bond acceptors (Lipinski definition) is 7. The Morgan fingerprint density at radius 2 is 1.86 bits per heavy atom. The van der Waals surface area contributed by atoms with Crippen molar-refractivity contribution in [3.8, 4) is 0 Å². The highest BCUT2D eigenvalue weighted by molar-refractivity contribution is 8.14. The summed E-state index contributed by atoms with van der Waals surface area (Å²) in [5.41, 5.74) is -3.54. The second kappa shape index (κ2) is 5.82. The lowest BCUT2D eigenvalue weighted by Gasteiger charge is -2.46. The van der Waals surface area contributed by atoms with Gasteiger partial charge in [0, 0.05) is 21.2 Å². The van der Waals surface area contributed by atoms with E-state index in [-0.39, 0.29) is 0 Å². The monoisotopic (exact) mass is 344 g/mol. The first-order valence-corrected chi connectivity index (χ1v) is 7.46. The second-order valence-electron chi connectivity index (χ2n) is 5.63. The van der Waals surface area contributed by atoms with Gasteiger partial charge in [-0.15, -0.1) is 0 Å². The largest absolute Gasteiger partial charge is 0.419 e. The Labute approximate surface area is 130 Å². The molecule has 2 aliphatic heterocycles. The van der Waals surface area contributed by atoms with E-state index >= 15 is 0 Å². The SMILES string of the molecule is COC(C)([C@H]1O[C@@H]2SC(N(C)C)=N[C@@H]2[C@@H](O)[C@@H]1O)C(F)(F)F. The lowest BCUT2D eigenvalue weighted by atomic mass is 9.86. The summed E-state index contributed by atoms with van der Waals surface area (Å²) in [5.74, 6) is 0. The first kappa shape index (κ1) is 17.8. The lowest BCUT2D eigenvalue weighted by molar-refractivity contribution is -0.325. The van der Waals surface area contributed by atoms with Crippen LogP contribution in [0.5, 0.6) is 0 Å². The third-order valence-corrected chi connectivity index (χ3v) is 5.27. The third-order valence-electron chi connectivity index (χ3n) is 3.96. The number of alkyl halides is 3. The Morgan fingerprint density at radius 1 is 1.27 bits per heavy atom. The minimum atomic E-state index is -4.77. The van der Waals surface area contributed by atoms with Crippen LogP contribution in [-0.4, -0.2) is 83.1 Å². The number of halogens is 3. The number of rotatable bonds is 2. The third kappa shape index (κ3) is 2.71. The second-order valence-corrected chi connectivity index (χ2v) is 6.70. The molecule has 0 aromatic rings. The van der Waals surface area contributed by atoms with Crippen molar-refractivity contribution in [1.82, 2.24) is 4.90 Å². The summed E-state index contributed by atoms with van der Waals surface area (Å²) >= 11 is 1.11. The molecule has 0 radical (unpaired) electrons. The van der Waals surface area contributed by atoms with Crippen LogP contribution in [0.4, 0.5) is 13.2 Å². The van der Waals surface area contributed by atoms with Crippen LogP contribution in [0, 0.1) is 0 Å². The average molecular weight is 344 g/mol. The first-order valence-electron chi connectivity index (χ1n) is 6.58. The van der Waals surface area contributed by atoms with E-state index in [9.17, 15) is 23.4 Å². The quantitative estimate of drug-likeness (QED) is 0.757. The first-order chi connectivity index (χ1) is 10.0. The standard InChI is InChI=1S/C12H19F3N2O4S/c1-11(20-4,12(13,14)15)8-7(19)6(18)5-9(21-8)22-10(16-5)17(2)3/h5-9,18-19H,1-4H3/t5-,6-,7+,8+,9-,11?/m1/s1. The maximum atomic E-state index is 13.3. The molecule has 22 heavy (non-hydrogen) atoms. The molecule has 1 fully saturated rings. The molecule has 10 heteroatoms. The number of thioether (sulfide) groups is 1. The number of ether oxygens (including phenoxy) is 2. The zero-order valence-corrected chi connectivity index (χ0v) is 13.4. The minimum Gasteiger partial charge on any atom is -0.388 e. The van der Waals surface area contributed by atoms with Crippen LogP contribution in [0.2, 0.25) is 0 Å². The molecule has 0 bridgehead atoms. The molecule has 2 N–H and O–H groups in total. The van der Waals surface area contributed by atoms with Gasteiger partial charge in [0.1, 0.15) is 29.8 Å². The maximum absolute atomic E-state index is 13.3. The molecule has 0 saturated carbocycles. The van der Waals surface area contributed by atoms with Gasteiger partial charge >= 0.3 is 6.18 Å². The summed E-state index contributed by atoms with van der Waals surface area (Å²) in [6.45, 7) is 0.793. The normalized spacial score (nSPS) is 38.2. The molecule has 128 valence electrons. The fourth-order valence-electron chi connectivity index (χ4n) is 2.41. The fourth-order valence-corrected chi connectivity index (χ4v) is 3.55. The van der Waals surface area contributed by atoms with Crippen LogP contribution in [0.1, 0.15) is 6.92 Å². The number of aliphatic hydroxyl groups excluding tert-OH is 2. The van der Waals surface area contributed by atoms with Gasteiger partial charge in [0.25, 0.3) is 0 Å². The van der Waals surface area contributed by atoms with Gasteiger partial charge in [-0.3, -0.25) is 4.99 Å². The van der Waals surface area contributed by atoms with Crippen molar-refractivity contribution in [2.24, 2.45) is 4.99 Å². The van der Waals surface area contributed by atoms with Crippen molar-refractivity contribution >= 4 is 16.9 Å². The number of fused-ring (bicyclic) bond motifs is 1. The van der Waals surface area contributed by atoms with Gasteiger partial charge in [-0.1, -0.05) is 11.8 Å². The van der Waals surface area contributed by atoms with E-state index in [1.54, 1.807) is 19.0 Å². The molecule has 0 aromatic heterocycles. The molecule has 1 saturated heterocycles. The number of amidine groups is 1. The summed E-state index contributed by atoms with van der Waals surface area (Å²) in [4.78, 5) is 5.86. The van der Waals surface area contributed by atoms with E-state index in [1.165, 1.54) is 0 Å². The van der Waals surface area contributed by atoms with Gasteiger partial charge in [0.05, 0.1) is 0 Å². The Balaban J connectivity index is 2.29. The van der Waals surface area contributed by atoms with Crippen molar-refractivity contribution in [3.63, 3.8) is 0 Å². The van der Waals surface area contributed by atoms with Crippen LogP contribution in [0.25, 0.3) is 0 Å². The molecular weight excluding hydrogens is 325 g/mol. The van der Waals surface area contributed by atoms with E-state index in [0.29, 0.717) is 5.17 Å². The molecule has 0 amide bonds. The average Bonchev–Trinajstić information content (AvgIpc) is 2.85. The van der Waals surface area contributed by atoms with Crippen molar-refractivity contribution in [3.05, 3.63) is 0 Å². The number of hydrogen-bond donors (Lipinski definition) is 2. The van der Waals surface area contributed by atoms with Gasteiger partial charge in [0.2, 0.25) is 0 Å². The predicted molar refractivity (Wildman–Crippen MR) is 74.6 cm³/mol. The van der Waals surface area contributed by atoms with Gasteiger partial charge in [-0.25, -0.2) is 0 Å². The zero-order valence-electron chi connectivity index (χ0n) is 12.5. The summed E-state index contributed by atoms with van der Waals surface area (Å²) < 4.78 is 49.9. The number of nitrogens with zero attached hydrogens (tertiary/aromatic N) is 2. The Hall–Kier alpha value is -0.550. The molecule has 2 rings (SSSR count). The van der Waals surface area contributed by atoms with Crippen LogP contribution in [0.3, 0.4) is 0 Å². The van der Waals surface area contributed by atoms with E-state index in [0.717, 1.165) is 25.8 Å². The molecule has 6 nitrogen and oxygen atoms in total. The van der Waals surface area contributed by atoms with Crippen molar-refractivity contribution in [1.29, 1.82) is 0 Å². The molecule has 1 unspecified atom stereocenters. The maximum Gasteiger partial charge on any atom is 0.419 e. The fraction of sp³-hybridized carbons (Fsp3) is 0.917. The van der Waals surface area contributed by atoms with Crippen LogP contribution >= 0.6 is 11.8 Å². The Bertz CT molecular complexity index is 462. The van der Waals surface area contributed by atoms with Crippen LogP contribution in [-0.2, 0) is 9.47 Å². The molecule has 0 aromatic carbocycles. The predicted octanol–water partition coefficient (Wildman–Crippen LogP) is 0.433. The molecule has 0 spiro atoms. The topological polar surface area (TPSA) is 74.5 Å². The summed E-state index contributed by atoms with van der Waals surface area (Å²) in [6, 6.07) is -0.817. The Kier molecular flexibility index (Phi) is 4.71. The highest BCUT2D eigenvalue weighted by Gasteiger charge is 2.64. The highest BCUT2D eigenvalue weighted by Crippen LogP contribution is 2.45. The van der Waals surface area contributed by atoms with E-state index in [1.807, 2.05) is 0 Å². The van der Waals surface area contributed by atoms with Gasteiger partial charge < -0.3 is 24.6 Å². The van der Waals surface area contributed by atoms with Crippen LogP contribution < -0.4 is 0 Å². The van der Waals surface area contributed by atoms with E-state index in [4.69, 9.17) is 4.74 Å².